The number of pyridine rings is 1. The van der Waals surface area contributed by atoms with Crippen molar-refractivity contribution >= 4 is 11.6 Å². The molecule has 96 valence electrons. The van der Waals surface area contributed by atoms with Crippen molar-refractivity contribution < 1.29 is 9.18 Å². The minimum atomic E-state index is -0.255. The van der Waals surface area contributed by atoms with Gasteiger partial charge in [0.25, 0.3) is 5.91 Å². The van der Waals surface area contributed by atoms with Crippen molar-refractivity contribution in [1.29, 1.82) is 0 Å². The summed E-state index contributed by atoms with van der Waals surface area (Å²) >= 11 is 0. The lowest BCUT2D eigenvalue weighted by molar-refractivity contribution is 0.0984. The minimum Gasteiger partial charge on any atom is -0.308 e. The minimum absolute atomic E-state index is 0.0827. The fourth-order valence-corrected chi connectivity index (χ4v) is 2.42. The van der Waals surface area contributed by atoms with Crippen LogP contribution in [0, 0.1) is 5.82 Å². The Labute approximate surface area is 110 Å². The van der Waals surface area contributed by atoms with E-state index < -0.39 is 0 Å². The Balaban J connectivity index is 1.98. The van der Waals surface area contributed by atoms with E-state index in [-0.39, 0.29) is 11.7 Å². The summed E-state index contributed by atoms with van der Waals surface area (Å²) in [5, 5.41) is 0. The van der Waals surface area contributed by atoms with E-state index in [4.69, 9.17) is 0 Å². The van der Waals surface area contributed by atoms with Crippen LogP contribution in [0.3, 0.4) is 0 Å². The number of carbonyl (C=O) groups excluding carboxylic acids is 1. The summed E-state index contributed by atoms with van der Waals surface area (Å²) in [5.41, 5.74) is 2.25. The highest BCUT2D eigenvalue weighted by Gasteiger charge is 2.23. The van der Waals surface area contributed by atoms with Crippen molar-refractivity contribution in [3.05, 3.63) is 59.7 Å². The first kappa shape index (κ1) is 11.8. The summed E-state index contributed by atoms with van der Waals surface area (Å²) in [7, 11) is 0. The number of carbonyl (C=O) groups is 1. The second-order valence-electron chi connectivity index (χ2n) is 4.58. The molecule has 0 bridgehead atoms. The number of aryl methyl sites for hydroxylation is 1. The smallest absolute Gasteiger partial charge is 0.259 e. The average Bonchev–Trinajstić information content (AvgIpc) is 2.46. The van der Waals surface area contributed by atoms with Gasteiger partial charge in [-0.3, -0.25) is 9.78 Å². The van der Waals surface area contributed by atoms with Crippen LogP contribution in [0.2, 0.25) is 0 Å². The molecule has 0 fully saturated rings. The molecule has 0 saturated carbocycles. The van der Waals surface area contributed by atoms with Crippen LogP contribution in [0.15, 0.2) is 42.7 Å². The fraction of sp³-hybridized carbons (Fsp3) is 0.200. The number of anilines is 1. The molecule has 1 aliphatic heterocycles. The van der Waals surface area contributed by atoms with Crippen molar-refractivity contribution in [3.63, 3.8) is 0 Å². The standard InChI is InChI=1S/C15H13FN2O/c16-13-5-6-14-11(9-13)4-2-8-18(14)15(19)12-3-1-7-17-10-12/h1,3,5-7,9-10H,2,4,8H2. The molecule has 0 spiro atoms. The van der Waals surface area contributed by atoms with Gasteiger partial charge in [0.2, 0.25) is 0 Å². The van der Waals surface area contributed by atoms with Gasteiger partial charge in [-0.2, -0.15) is 0 Å². The van der Waals surface area contributed by atoms with Gasteiger partial charge < -0.3 is 4.90 Å². The first-order chi connectivity index (χ1) is 9.25. The monoisotopic (exact) mass is 256 g/mol. The Hall–Kier alpha value is -2.23. The topological polar surface area (TPSA) is 33.2 Å². The summed E-state index contributed by atoms with van der Waals surface area (Å²) in [6.45, 7) is 0.659. The molecule has 0 N–H and O–H groups in total. The number of aromatic nitrogens is 1. The Kier molecular flexibility index (Phi) is 2.99. The van der Waals surface area contributed by atoms with Crippen LogP contribution in [0.1, 0.15) is 22.3 Å². The van der Waals surface area contributed by atoms with E-state index in [1.807, 2.05) is 0 Å². The average molecular weight is 256 g/mol. The molecule has 0 atom stereocenters. The molecule has 1 aromatic heterocycles. The van der Waals surface area contributed by atoms with Gasteiger partial charge in [0.1, 0.15) is 5.82 Å². The largest absolute Gasteiger partial charge is 0.308 e. The molecule has 0 saturated heterocycles. The Morgan fingerprint density at radius 1 is 1.32 bits per heavy atom. The van der Waals surface area contributed by atoms with Crippen molar-refractivity contribution in [1.82, 2.24) is 4.98 Å². The van der Waals surface area contributed by atoms with E-state index in [0.29, 0.717) is 12.1 Å². The van der Waals surface area contributed by atoms with Crippen LogP contribution in [0.25, 0.3) is 0 Å². The Bertz CT molecular complexity index is 613. The molecule has 3 rings (SSSR count). The lowest BCUT2D eigenvalue weighted by atomic mass is 10.0. The first-order valence-electron chi connectivity index (χ1n) is 6.26. The van der Waals surface area contributed by atoms with E-state index in [2.05, 4.69) is 4.98 Å². The van der Waals surface area contributed by atoms with Crippen molar-refractivity contribution in [2.24, 2.45) is 0 Å². The lowest BCUT2D eigenvalue weighted by Gasteiger charge is -2.29. The van der Waals surface area contributed by atoms with E-state index in [1.165, 1.54) is 12.1 Å². The lowest BCUT2D eigenvalue weighted by Crippen LogP contribution is -2.35. The maximum absolute atomic E-state index is 13.2. The van der Waals surface area contributed by atoms with Crippen LogP contribution >= 0.6 is 0 Å². The van der Waals surface area contributed by atoms with Crippen LogP contribution in [-0.4, -0.2) is 17.4 Å². The second-order valence-corrected chi connectivity index (χ2v) is 4.58. The normalized spacial score (nSPS) is 14.1. The van der Waals surface area contributed by atoms with E-state index in [1.54, 1.807) is 35.5 Å². The number of hydrogen-bond acceptors (Lipinski definition) is 2. The highest BCUT2D eigenvalue weighted by molar-refractivity contribution is 6.06. The summed E-state index contributed by atoms with van der Waals surface area (Å²) < 4.78 is 13.2. The summed E-state index contributed by atoms with van der Waals surface area (Å²) in [4.78, 5) is 18.1. The van der Waals surface area contributed by atoms with Crippen LogP contribution in [0.5, 0.6) is 0 Å². The van der Waals surface area contributed by atoms with Gasteiger partial charge in [-0.15, -0.1) is 0 Å². The van der Waals surface area contributed by atoms with E-state index >= 15 is 0 Å². The van der Waals surface area contributed by atoms with Gasteiger partial charge in [-0.1, -0.05) is 0 Å². The van der Waals surface area contributed by atoms with Crippen molar-refractivity contribution in [2.45, 2.75) is 12.8 Å². The van der Waals surface area contributed by atoms with Crippen molar-refractivity contribution in [2.75, 3.05) is 11.4 Å². The van der Waals surface area contributed by atoms with Gasteiger partial charge in [0.05, 0.1) is 5.56 Å². The molecule has 1 aromatic carbocycles. The summed E-state index contributed by atoms with van der Waals surface area (Å²) in [5.74, 6) is -0.338. The fourth-order valence-electron chi connectivity index (χ4n) is 2.42. The number of hydrogen-bond donors (Lipinski definition) is 0. The molecule has 2 aromatic rings. The van der Waals surface area contributed by atoms with Crippen LogP contribution in [-0.2, 0) is 6.42 Å². The number of nitrogens with zero attached hydrogens (tertiary/aromatic N) is 2. The molecular formula is C15H13FN2O. The van der Waals surface area contributed by atoms with Gasteiger partial charge >= 0.3 is 0 Å². The number of benzene rings is 1. The van der Waals surface area contributed by atoms with Gasteiger partial charge in [0, 0.05) is 24.6 Å². The second kappa shape index (κ2) is 4.80. The molecule has 19 heavy (non-hydrogen) atoms. The number of rotatable bonds is 1. The highest BCUT2D eigenvalue weighted by Crippen LogP contribution is 2.28. The zero-order valence-electron chi connectivity index (χ0n) is 10.3. The molecule has 1 aliphatic rings. The van der Waals surface area contributed by atoms with Gasteiger partial charge in [0.15, 0.2) is 0 Å². The number of amides is 1. The van der Waals surface area contributed by atoms with E-state index in [0.717, 1.165) is 24.1 Å². The maximum atomic E-state index is 13.2. The predicted molar refractivity (Wildman–Crippen MR) is 70.6 cm³/mol. The summed E-state index contributed by atoms with van der Waals surface area (Å²) in [6, 6.07) is 8.07. The summed E-state index contributed by atoms with van der Waals surface area (Å²) in [6.07, 6.45) is 4.85. The molecule has 4 heteroatoms. The van der Waals surface area contributed by atoms with Gasteiger partial charge in [-0.25, -0.2) is 4.39 Å². The molecule has 0 aliphatic carbocycles. The zero-order valence-corrected chi connectivity index (χ0v) is 10.3. The zero-order chi connectivity index (χ0) is 13.2. The van der Waals surface area contributed by atoms with Crippen molar-refractivity contribution in [3.8, 4) is 0 Å². The highest BCUT2D eigenvalue weighted by atomic mass is 19.1. The molecule has 0 radical (unpaired) electrons. The van der Waals surface area contributed by atoms with Crippen LogP contribution in [0.4, 0.5) is 10.1 Å². The molecule has 0 unspecified atom stereocenters. The predicted octanol–water partition coefficient (Wildman–Crippen LogP) is 2.81. The molecule has 1 amide bonds. The third-order valence-electron chi connectivity index (χ3n) is 3.31. The SMILES string of the molecule is O=C(c1cccnc1)N1CCCc2cc(F)ccc21. The quantitative estimate of drug-likeness (QED) is 0.786. The molecule has 3 nitrogen and oxygen atoms in total. The third-order valence-corrected chi connectivity index (χ3v) is 3.31. The maximum Gasteiger partial charge on any atom is 0.259 e. The first-order valence-corrected chi connectivity index (χ1v) is 6.26. The Morgan fingerprint density at radius 3 is 3.00 bits per heavy atom. The number of fused-ring (bicyclic) bond motifs is 1. The molecular weight excluding hydrogens is 243 g/mol. The Morgan fingerprint density at radius 2 is 2.21 bits per heavy atom. The number of halogens is 1. The third kappa shape index (κ3) is 2.21. The van der Waals surface area contributed by atoms with Crippen LogP contribution < -0.4 is 4.90 Å². The molecule has 2 heterocycles. The van der Waals surface area contributed by atoms with Gasteiger partial charge in [-0.05, 0) is 48.7 Å². The van der Waals surface area contributed by atoms with E-state index in [9.17, 15) is 9.18 Å².